The second-order valence-corrected chi connectivity index (χ2v) is 1.89. The van der Waals surface area contributed by atoms with Gasteiger partial charge in [-0.1, -0.05) is 18.2 Å². The zero-order chi connectivity index (χ0) is 10.3. The Kier molecular flexibility index (Phi) is 9.31. The van der Waals surface area contributed by atoms with Crippen LogP contribution in [0.15, 0.2) is 30.3 Å². The topological polar surface area (TPSA) is 104 Å². The van der Waals surface area contributed by atoms with Crippen LogP contribution in [0.3, 0.4) is 0 Å². The minimum absolute atomic E-state index is 0. The Balaban J connectivity index is 0. The van der Waals surface area contributed by atoms with Crippen LogP contribution < -0.4 is 29.6 Å². The van der Waals surface area contributed by atoms with Crippen LogP contribution in [0.1, 0.15) is 10.4 Å². The zero-order valence-electron chi connectivity index (χ0n) is 7.41. The van der Waals surface area contributed by atoms with Gasteiger partial charge in [0.15, 0.2) is 0 Å². The molecule has 7 heteroatoms. The predicted octanol–water partition coefficient (Wildman–Crippen LogP) is -1.85. The van der Waals surface area contributed by atoms with E-state index >= 15 is 0 Å². The van der Waals surface area contributed by atoms with Gasteiger partial charge in [-0.2, -0.15) is 0 Å². The predicted molar refractivity (Wildman–Crippen MR) is 43.8 cm³/mol. The normalized spacial score (nSPS) is 7.43. The van der Waals surface area contributed by atoms with E-state index in [2.05, 4.69) is 0 Å². The van der Waals surface area contributed by atoms with Gasteiger partial charge in [0.25, 0.3) is 0 Å². The van der Waals surface area contributed by atoms with Crippen LogP contribution in [0.5, 0.6) is 0 Å². The quantitative estimate of drug-likeness (QED) is 0.330. The number of hydrogen-bond acceptors (Lipinski definition) is 4. The zero-order valence-corrected chi connectivity index (χ0v) is 9.41. The summed E-state index contributed by atoms with van der Waals surface area (Å²) in [7, 11) is 0. The molecule has 1 aromatic carbocycles. The standard InChI is InChI=1S/C7H6O2.NO3.Na/c8-7(9)6-4-2-1-3-5-6;2-1(3)4;/h1-5H,(H,8,9);;/q;-1;+1. The van der Waals surface area contributed by atoms with Crippen molar-refractivity contribution in [2.75, 3.05) is 0 Å². The molecule has 1 rings (SSSR count). The van der Waals surface area contributed by atoms with Crippen LogP contribution >= 0.6 is 0 Å². The summed E-state index contributed by atoms with van der Waals surface area (Å²) < 4.78 is 0. The summed E-state index contributed by atoms with van der Waals surface area (Å²) >= 11 is 0. The van der Waals surface area contributed by atoms with Gasteiger partial charge in [-0.05, 0) is 12.1 Å². The van der Waals surface area contributed by atoms with Gasteiger partial charge < -0.3 is 20.4 Å². The maximum Gasteiger partial charge on any atom is 1.00 e. The van der Waals surface area contributed by atoms with E-state index in [-0.39, 0.29) is 29.6 Å². The first kappa shape index (κ1) is 15.4. The molecule has 0 unspecified atom stereocenters. The van der Waals surface area contributed by atoms with E-state index < -0.39 is 11.1 Å². The molecular formula is C7H6NNaO5. The maximum atomic E-state index is 10.2. The second-order valence-electron chi connectivity index (χ2n) is 1.89. The summed E-state index contributed by atoms with van der Waals surface area (Å²) in [6.45, 7) is 0. The summed E-state index contributed by atoms with van der Waals surface area (Å²) in [5, 5.41) is 23.1. The first-order valence-corrected chi connectivity index (χ1v) is 3.14. The van der Waals surface area contributed by atoms with E-state index in [0.717, 1.165) is 0 Å². The Labute approximate surface area is 102 Å². The fourth-order valence-electron chi connectivity index (χ4n) is 0.581. The number of benzene rings is 1. The van der Waals surface area contributed by atoms with Crippen LogP contribution in [0, 0.1) is 15.3 Å². The average Bonchev–Trinajstić information content (AvgIpc) is 2.05. The van der Waals surface area contributed by atoms with E-state index in [1.165, 1.54) is 0 Å². The molecule has 1 aromatic rings. The van der Waals surface area contributed by atoms with E-state index in [4.69, 9.17) is 20.4 Å². The Morgan fingerprint density at radius 3 is 1.79 bits per heavy atom. The van der Waals surface area contributed by atoms with E-state index in [1.54, 1.807) is 30.3 Å². The Morgan fingerprint density at radius 1 is 1.21 bits per heavy atom. The average molecular weight is 207 g/mol. The van der Waals surface area contributed by atoms with Crippen LogP contribution in [0.4, 0.5) is 0 Å². The van der Waals surface area contributed by atoms with Gasteiger partial charge in [0.1, 0.15) is 0 Å². The second kappa shape index (κ2) is 8.49. The van der Waals surface area contributed by atoms with Gasteiger partial charge in [0.05, 0.1) is 10.7 Å². The van der Waals surface area contributed by atoms with Crippen molar-refractivity contribution in [3.8, 4) is 0 Å². The molecule has 0 fully saturated rings. The van der Waals surface area contributed by atoms with Crippen molar-refractivity contribution in [1.82, 2.24) is 0 Å². The molecule has 6 nitrogen and oxygen atoms in total. The van der Waals surface area contributed by atoms with Crippen LogP contribution in [-0.2, 0) is 0 Å². The number of hydrogen-bond donors (Lipinski definition) is 1. The van der Waals surface area contributed by atoms with Crippen molar-refractivity contribution in [1.29, 1.82) is 0 Å². The summed E-state index contributed by atoms with van der Waals surface area (Å²) in [6, 6.07) is 8.30. The van der Waals surface area contributed by atoms with Crippen molar-refractivity contribution in [2.24, 2.45) is 0 Å². The van der Waals surface area contributed by atoms with Crippen molar-refractivity contribution in [3.63, 3.8) is 0 Å². The molecule has 0 spiro atoms. The number of aromatic carboxylic acids is 1. The molecule has 14 heavy (non-hydrogen) atoms. The molecule has 0 aliphatic heterocycles. The monoisotopic (exact) mass is 207 g/mol. The van der Waals surface area contributed by atoms with Gasteiger partial charge in [-0.25, -0.2) is 4.79 Å². The van der Waals surface area contributed by atoms with Gasteiger partial charge >= 0.3 is 35.5 Å². The minimum Gasteiger partial charge on any atom is -0.478 e. The fraction of sp³-hybridized carbons (Fsp3) is 0. The third-order valence-corrected chi connectivity index (χ3v) is 1.02. The SMILES string of the molecule is O=C(O)c1ccccc1.O=[N+]([O-])[O-].[Na+]. The van der Waals surface area contributed by atoms with Gasteiger partial charge in [0.2, 0.25) is 0 Å². The fourth-order valence-corrected chi connectivity index (χ4v) is 0.581. The van der Waals surface area contributed by atoms with Gasteiger partial charge in [0, 0.05) is 0 Å². The number of carboxylic acids is 1. The molecule has 0 aliphatic carbocycles. The first-order valence-electron chi connectivity index (χ1n) is 3.14. The molecule has 0 saturated carbocycles. The van der Waals surface area contributed by atoms with Crippen LogP contribution in [-0.4, -0.2) is 16.2 Å². The molecule has 0 saturated heterocycles. The molecule has 0 bridgehead atoms. The Hall–Kier alpha value is -1.11. The molecule has 0 aromatic heterocycles. The molecule has 0 radical (unpaired) electrons. The molecule has 0 amide bonds. The summed E-state index contributed by atoms with van der Waals surface area (Å²) in [5.41, 5.74) is 0.331. The van der Waals surface area contributed by atoms with Crippen LogP contribution in [0.25, 0.3) is 0 Å². The number of nitrogens with zero attached hydrogens (tertiary/aromatic N) is 1. The van der Waals surface area contributed by atoms with Crippen molar-refractivity contribution in [2.45, 2.75) is 0 Å². The molecule has 0 aliphatic rings. The maximum absolute atomic E-state index is 10.2. The Bertz CT molecular complexity index is 285. The number of rotatable bonds is 1. The third kappa shape index (κ3) is 8.98. The van der Waals surface area contributed by atoms with E-state index in [9.17, 15) is 4.79 Å². The van der Waals surface area contributed by atoms with Crippen molar-refractivity contribution >= 4 is 5.97 Å². The molecular weight excluding hydrogens is 201 g/mol. The largest absolute Gasteiger partial charge is 1.00 e. The summed E-state index contributed by atoms with van der Waals surface area (Å²) in [4.78, 5) is 18.5. The molecule has 70 valence electrons. The van der Waals surface area contributed by atoms with Crippen LogP contribution in [0.2, 0.25) is 0 Å². The van der Waals surface area contributed by atoms with Gasteiger partial charge in [-0.3, -0.25) is 0 Å². The summed E-state index contributed by atoms with van der Waals surface area (Å²) in [6.07, 6.45) is 0. The first-order chi connectivity index (χ1) is 6.04. The number of carbonyl (C=O) groups is 1. The Morgan fingerprint density at radius 2 is 1.57 bits per heavy atom. The molecule has 0 atom stereocenters. The smallest absolute Gasteiger partial charge is 0.478 e. The van der Waals surface area contributed by atoms with Crippen molar-refractivity contribution < 1.29 is 44.5 Å². The molecule has 0 heterocycles. The van der Waals surface area contributed by atoms with Gasteiger partial charge in [-0.15, -0.1) is 0 Å². The van der Waals surface area contributed by atoms with E-state index in [1.807, 2.05) is 0 Å². The summed E-state index contributed by atoms with van der Waals surface area (Å²) in [5.74, 6) is -0.879. The van der Waals surface area contributed by atoms with E-state index in [0.29, 0.717) is 5.56 Å². The molecule has 1 N–H and O–H groups in total. The van der Waals surface area contributed by atoms with Crippen molar-refractivity contribution in [3.05, 3.63) is 51.2 Å². The third-order valence-electron chi connectivity index (χ3n) is 1.02. The number of carboxylic acid groups (broad SMARTS) is 1. The minimum atomic E-state index is -1.75.